The number of nitrogens with zero attached hydrogens (tertiary/aromatic N) is 3. The molecule has 4 nitrogen and oxygen atoms in total. The first-order valence-electron chi connectivity index (χ1n) is 8.09. The van der Waals surface area contributed by atoms with E-state index in [1.807, 2.05) is 41.2 Å². The number of aromatic nitrogens is 2. The van der Waals surface area contributed by atoms with Crippen molar-refractivity contribution in [2.75, 3.05) is 5.75 Å². The zero-order chi connectivity index (χ0) is 18.7. The third kappa shape index (κ3) is 4.82. The van der Waals surface area contributed by atoms with Crippen LogP contribution in [-0.4, -0.2) is 32.9 Å². The minimum absolute atomic E-state index is 0.0925. The third-order valence-electron chi connectivity index (χ3n) is 4.27. The molecule has 0 N–H and O–H groups in total. The summed E-state index contributed by atoms with van der Waals surface area (Å²) in [5.74, 6) is -1.51. The minimum atomic E-state index is -4.91. The minimum Gasteiger partial charge on any atom is -0.268 e. The van der Waals surface area contributed by atoms with E-state index >= 15 is 0 Å². The van der Waals surface area contributed by atoms with E-state index in [2.05, 4.69) is 25.4 Å². The van der Waals surface area contributed by atoms with Gasteiger partial charge in [0.25, 0.3) is 0 Å². The van der Waals surface area contributed by atoms with Gasteiger partial charge >= 0.3 is 12.1 Å². The standard InChI is InChI=1S/C17H17BrF3N3OS/c18-13-10-22-24(11-13)14-6-7-26(23-16(25)17(19,20)21)15(9-14)8-12-4-2-1-3-5-12/h1-5,10-11,14-15H,6-9H2. The summed E-state index contributed by atoms with van der Waals surface area (Å²) in [5, 5.41) is 4.18. The molecular weight excluding hydrogens is 431 g/mol. The van der Waals surface area contributed by atoms with E-state index in [0.29, 0.717) is 25.0 Å². The molecule has 1 fully saturated rings. The summed E-state index contributed by atoms with van der Waals surface area (Å²) in [4.78, 5) is 11.4. The zero-order valence-corrected chi connectivity index (χ0v) is 16.1. The number of carbonyl (C=O) groups excluding carboxylic acids is 1. The van der Waals surface area contributed by atoms with E-state index in [0.717, 1.165) is 10.0 Å². The Morgan fingerprint density at radius 2 is 2.08 bits per heavy atom. The lowest BCUT2D eigenvalue weighted by Gasteiger charge is -2.31. The van der Waals surface area contributed by atoms with E-state index in [9.17, 15) is 18.0 Å². The Morgan fingerprint density at radius 1 is 1.35 bits per heavy atom. The van der Waals surface area contributed by atoms with Gasteiger partial charge in [-0.2, -0.15) is 22.6 Å². The van der Waals surface area contributed by atoms with Gasteiger partial charge in [-0.1, -0.05) is 41.0 Å². The molecule has 1 aromatic carbocycles. The van der Waals surface area contributed by atoms with Crippen molar-refractivity contribution in [3.63, 3.8) is 0 Å². The van der Waals surface area contributed by atoms with Crippen LogP contribution in [0.2, 0.25) is 0 Å². The Hall–Kier alpha value is -1.48. The molecule has 1 aliphatic rings. The highest BCUT2D eigenvalue weighted by molar-refractivity contribution is 9.10. The molecule has 1 amide bonds. The number of carbonyl (C=O) groups is 1. The zero-order valence-electron chi connectivity index (χ0n) is 13.7. The maximum Gasteiger partial charge on any atom is 0.474 e. The van der Waals surface area contributed by atoms with Gasteiger partial charge in [0, 0.05) is 17.2 Å². The summed E-state index contributed by atoms with van der Waals surface area (Å²) < 4.78 is 44.2. The van der Waals surface area contributed by atoms with Gasteiger partial charge in [-0.05, 0) is 40.8 Å². The Balaban J connectivity index is 1.84. The normalized spacial score (nSPS) is 23.9. The Morgan fingerprint density at radius 3 is 2.69 bits per heavy atom. The monoisotopic (exact) mass is 447 g/mol. The molecule has 0 aliphatic carbocycles. The summed E-state index contributed by atoms with van der Waals surface area (Å²) in [6, 6.07) is 9.68. The van der Waals surface area contributed by atoms with Crippen molar-refractivity contribution in [1.82, 2.24) is 9.78 Å². The van der Waals surface area contributed by atoms with Crippen LogP contribution in [0.3, 0.4) is 0 Å². The molecule has 3 atom stereocenters. The third-order valence-corrected chi connectivity index (χ3v) is 6.87. The van der Waals surface area contributed by atoms with Crippen molar-refractivity contribution in [2.24, 2.45) is 4.36 Å². The molecule has 0 bridgehead atoms. The first kappa shape index (κ1) is 19.3. The number of benzene rings is 1. The van der Waals surface area contributed by atoms with Crippen molar-refractivity contribution in [1.29, 1.82) is 0 Å². The lowest BCUT2D eigenvalue weighted by Crippen LogP contribution is -2.33. The van der Waals surface area contributed by atoms with Crippen LogP contribution in [-0.2, 0) is 21.9 Å². The molecule has 2 aromatic rings. The average molecular weight is 448 g/mol. The van der Waals surface area contributed by atoms with Crippen LogP contribution >= 0.6 is 15.9 Å². The molecule has 2 heterocycles. The van der Waals surface area contributed by atoms with Gasteiger partial charge < -0.3 is 0 Å². The van der Waals surface area contributed by atoms with Crippen LogP contribution in [0.5, 0.6) is 0 Å². The lowest BCUT2D eigenvalue weighted by molar-refractivity contribution is -0.169. The first-order chi connectivity index (χ1) is 12.3. The van der Waals surface area contributed by atoms with E-state index in [1.54, 1.807) is 6.20 Å². The molecule has 9 heteroatoms. The highest BCUT2D eigenvalue weighted by Crippen LogP contribution is 2.31. The maximum atomic E-state index is 12.6. The number of halogens is 4. The fourth-order valence-corrected chi connectivity index (χ4v) is 5.58. The molecular formula is C17H17BrF3N3OS. The molecule has 1 saturated heterocycles. The van der Waals surface area contributed by atoms with Gasteiger partial charge in [-0.15, -0.1) is 0 Å². The molecule has 0 radical (unpaired) electrons. The van der Waals surface area contributed by atoms with Gasteiger partial charge in [-0.3, -0.25) is 9.48 Å². The highest BCUT2D eigenvalue weighted by atomic mass is 79.9. The first-order valence-corrected chi connectivity index (χ1v) is 10.3. The Labute approximate surface area is 160 Å². The molecule has 26 heavy (non-hydrogen) atoms. The Bertz CT molecular complexity index is 807. The van der Waals surface area contributed by atoms with Crippen molar-refractivity contribution in [3.05, 3.63) is 52.8 Å². The number of amides is 1. The molecule has 3 rings (SSSR count). The quantitative estimate of drug-likeness (QED) is 0.695. The van der Waals surface area contributed by atoms with Gasteiger partial charge in [0.05, 0.1) is 16.7 Å². The van der Waals surface area contributed by atoms with Crippen molar-refractivity contribution in [2.45, 2.75) is 36.7 Å². The second-order valence-electron chi connectivity index (χ2n) is 6.13. The largest absolute Gasteiger partial charge is 0.474 e. The summed E-state index contributed by atoms with van der Waals surface area (Å²) in [7, 11) is -0.945. The number of hydrogen-bond donors (Lipinski definition) is 0. The molecule has 0 spiro atoms. The number of alkyl halides is 3. The van der Waals surface area contributed by atoms with Gasteiger partial charge in [0.2, 0.25) is 0 Å². The topological polar surface area (TPSA) is 47.2 Å². The van der Waals surface area contributed by atoms with Gasteiger partial charge in [0.1, 0.15) is 0 Å². The van der Waals surface area contributed by atoms with E-state index in [-0.39, 0.29) is 11.3 Å². The van der Waals surface area contributed by atoms with Gasteiger partial charge in [0.15, 0.2) is 0 Å². The van der Waals surface area contributed by atoms with E-state index in [4.69, 9.17) is 0 Å². The maximum absolute atomic E-state index is 12.6. The van der Waals surface area contributed by atoms with Crippen LogP contribution in [0, 0.1) is 0 Å². The summed E-state index contributed by atoms with van der Waals surface area (Å²) in [5.41, 5.74) is 1.03. The second-order valence-corrected chi connectivity index (χ2v) is 9.10. The summed E-state index contributed by atoms with van der Waals surface area (Å²) in [6.45, 7) is 0. The summed E-state index contributed by atoms with van der Waals surface area (Å²) >= 11 is 3.36. The number of hydrogen-bond acceptors (Lipinski definition) is 2. The van der Waals surface area contributed by atoms with Crippen LogP contribution in [0.15, 0.2) is 51.6 Å². The fourth-order valence-electron chi connectivity index (χ4n) is 3.05. The van der Waals surface area contributed by atoms with Crippen molar-refractivity contribution < 1.29 is 18.0 Å². The van der Waals surface area contributed by atoms with Crippen molar-refractivity contribution >= 4 is 32.5 Å². The fraction of sp³-hybridized carbons (Fsp3) is 0.412. The van der Waals surface area contributed by atoms with Crippen LogP contribution in [0.1, 0.15) is 24.4 Å². The molecule has 1 aromatic heterocycles. The lowest BCUT2D eigenvalue weighted by atomic mass is 10.0. The smallest absolute Gasteiger partial charge is 0.268 e. The molecule has 140 valence electrons. The molecule has 0 saturated carbocycles. The molecule has 1 aliphatic heterocycles. The van der Waals surface area contributed by atoms with E-state index in [1.165, 1.54) is 0 Å². The predicted octanol–water partition coefficient (Wildman–Crippen LogP) is 4.48. The van der Waals surface area contributed by atoms with Crippen LogP contribution < -0.4 is 0 Å². The molecule has 3 unspecified atom stereocenters. The van der Waals surface area contributed by atoms with Crippen LogP contribution in [0.4, 0.5) is 13.2 Å². The SMILES string of the molecule is O=C(N=S1CCC(n2cc(Br)cn2)CC1Cc1ccccc1)C(F)(F)F. The summed E-state index contributed by atoms with van der Waals surface area (Å²) in [6.07, 6.45) is 0.535. The van der Waals surface area contributed by atoms with Crippen LogP contribution in [0.25, 0.3) is 0 Å². The number of rotatable bonds is 3. The Kier molecular flexibility index (Phi) is 5.96. The second kappa shape index (κ2) is 8.04. The van der Waals surface area contributed by atoms with Crippen molar-refractivity contribution in [3.8, 4) is 0 Å². The highest BCUT2D eigenvalue weighted by Gasteiger charge is 2.40. The van der Waals surface area contributed by atoms with E-state index < -0.39 is 22.8 Å². The predicted molar refractivity (Wildman–Crippen MR) is 97.9 cm³/mol. The average Bonchev–Trinajstić information content (AvgIpc) is 3.03. The van der Waals surface area contributed by atoms with Gasteiger partial charge in [-0.25, -0.2) is 0 Å².